The van der Waals surface area contributed by atoms with Gasteiger partial charge in [0.05, 0.1) is 0 Å². The molecule has 12 heavy (non-hydrogen) atoms. The summed E-state index contributed by atoms with van der Waals surface area (Å²) in [6.07, 6.45) is 2.37. The molecule has 0 bridgehead atoms. The van der Waals surface area contributed by atoms with Crippen LogP contribution in [-0.2, 0) is 6.42 Å². The van der Waals surface area contributed by atoms with Crippen molar-refractivity contribution in [2.24, 2.45) is 0 Å². The highest BCUT2D eigenvalue weighted by Crippen LogP contribution is 2.05. The molecule has 1 heteroatoms. The second-order valence-electron chi connectivity index (χ2n) is 2.67. The lowest BCUT2D eigenvalue weighted by molar-refractivity contribution is 0.922. The van der Waals surface area contributed by atoms with Crippen LogP contribution < -0.4 is 0 Å². The average Bonchev–Trinajstić information content (AvgIpc) is 2.09. The van der Waals surface area contributed by atoms with E-state index in [1.54, 1.807) is 0 Å². The maximum atomic E-state index is 3.01. The highest BCUT2D eigenvalue weighted by Gasteiger charge is 1.90. The molecule has 0 fully saturated rings. The molecule has 0 aliphatic rings. The van der Waals surface area contributed by atoms with Crippen molar-refractivity contribution in [1.82, 2.24) is 0 Å². The topological polar surface area (TPSA) is 0 Å². The predicted octanol–water partition coefficient (Wildman–Crippen LogP) is 3.38. The Balaban J connectivity index is 2.76. The van der Waals surface area contributed by atoms with Gasteiger partial charge in [0.15, 0.2) is 0 Å². The third kappa shape index (κ3) is 2.86. The zero-order valence-electron chi connectivity index (χ0n) is 7.10. The minimum atomic E-state index is 1.10. The van der Waals surface area contributed by atoms with Gasteiger partial charge in [-0.05, 0) is 28.0 Å². The van der Waals surface area contributed by atoms with Gasteiger partial charge in [-0.15, -0.1) is 0 Å². The van der Waals surface area contributed by atoms with Crippen molar-refractivity contribution in [3.05, 3.63) is 35.4 Å². The molecule has 0 saturated carbocycles. The molecule has 0 atom stereocenters. The molecule has 0 aliphatic heterocycles. The Kier molecular flexibility index (Phi) is 4.16. The SMILES string of the molecule is CCCc1ccc(C#CI)cc1. The summed E-state index contributed by atoms with van der Waals surface area (Å²) in [5, 5.41) is 0. The first-order valence-electron chi connectivity index (χ1n) is 4.07. The zero-order chi connectivity index (χ0) is 8.81. The molecule has 0 heterocycles. The summed E-state index contributed by atoms with van der Waals surface area (Å²) in [5.41, 5.74) is 2.50. The van der Waals surface area contributed by atoms with E-state index < -0.39 is 0 Å². The molecule has 0 aliphatic carbocycles. The van der Waals surface area contributed by atoms with Crippen LogP contribution in [0.3, 0.4) is 0 Å². The van der Waals surface area contributed by atoms with Crippen molar-refractivity contribution in [3.63, 3.8) is 0 Å². The number of hydrogen-bond donors (Lipinski definition) is 0. The first kappa shape index (κ1) is 9.60. The monoisotopic (exact) mass is 270 g/mol. The van der Waals surface area contributed by atoms with Gasteiger partial charge in [0.2, 0.25) is 0 Å². The highest BCUT2D eigenvalue weighted by molar-refractivity contribution is 14.1. The van der Waals surface area contributed by atoms with Gasteiger partial charge in [-0.25, -0.2) is 0 Å². The summed E-state index contributed by atoms with van der Waals surface area (Å²) in [5.74, 6) is 3.01. The van der Waals surface area contributed by atoms with Gasteiger partial charge < -0.3 is 0 Å². The molecule has 0 N–H and O–H groups in total. The molecular formula is C11H11I. The fourth-order valence-corrected chi connectivity index (χ4v) is 1.41. The summed E-state index contributed by atoms with van der Waals surface area (Å²) in [6, 6.07) is 8.47. The van der Waals surface area contributed by atoms with Gasteiger partial charge in [0.1, 0.15) is 0 Å². The molecule has 0 saturated heterocycles. The molecule has 62 valence electrons. The van der Waals surface area contributed by atoms with Crippen molar-refractivity contribution in [3.8, 4) is 9.85 Å². The Labute approximate surface area is 87.5 Å². The van der Waals surface area contributed by atoms with Crippen molar-refractivity contribution in [2.75, 3.05) is 0 Å². The van der Waals surface area contributed by atoms with E-state index in [4.69, 9.17) is 0 Å². The molecule has 0 unspecified atom stereocenters. The van der Waals surface area contributed by atoms with Crippen LogP contribution in [0.2, 0.25) is 0 Å². The predicted molar refractivity (Wildman–Crippen MR) is 61.3 cm³/mol. The average molecular weight is 270 g/mol. The Morgan fingerprint density at radius 1 is 1.25 bits per heavy atom. The van der Waals surface area contributed by atoms with Gasteiger partial charge in [-0.1, -0.05) is 31.4 Å². The van der Waals surface area contributed by atoms with Gasteiger partial charge in [-0.2, -0.15) is 0 Å². The third-order valence-corrected chi connectivity index (χ3v) is 1.95. The molecule has 0 aromatic heterocycles. The zero-order valence-corrected chi connectivity index (χ0v) is 9.26. The lowest BCUT2D eigenvalue weighted by atomic mass is 10.1. The van der Waals surface area contributed by atoms with Crippen molar-refractivity contribution in [1.29, 1.82) is 0 Å². The fraction of sp³-hybridized carbons (Fsp3) is 0.273. The van der Waals surface area contributed by atoms with Crippen LogP contribution in [0, 0.1) is 9.85 Å². The lowest BCUT2D eigenvalue weighted by Gasteiger charge is -1.96. The van der Waals surface area contributed by atoms with Crippen LogP contribution in [-0.4, -0.2) is 0 Å². The second-order valence-corrected chi connectivity index (χ2v) is 3.21. The maximum absolute atomic E-state index is 3.01. The van der Waals surface area contributed by atoms with Crippen LogP contribution in [0.1, 0.15) is 24.5 Å². The van der Waals surface area contributed by atoms with E-state index in [0.29, 0.717) is 0 Å². The van der Waals surface area contributed by atoms with E-state index in [9.17, 15) is 0 Å². The molecule has 1 aromatic rings. The van der Waals surface area contributed by atoms with Crippen molar-refractivity contribution >= 4 is 22.6 Å². The third-order valence-electron chi connectivity index (χ3n) is 1.68. The molecule has 0 spiro atoms. The summed E-state index contributed by atoms with van der Waals surface area (Å²) in [4.78, 5) is 0. The van der Waals surface area contributed by atoms with Crippen LogP contribution in [0.5, 0.6) is 0 Å². The normalized spacial score (nSPS) is 8.83. The van der Waals surface area contributed by atoms with E-state index in [2.05, 4.69) is 63.6 Å². The Bertz CT molecular complexity index is 287. The number of benzene rings is 1. The standard InChI is InChI=1S/C11H11I/c1-2-3-10-4-6-11(7-5-10)8-9-12/h4-7H,2-3H2,1H3. The van der Waals surface area contributed by atoms with E-state index in [1.807, 2.05) is 0 Å². The number of halogens is 1. The molecule has 1 aromatic carbocycles. The number of aryl methyl sites for hydroxylation is 1. The van der Waals surface area contributed by atoms with Gasteiger partial charge >= 0.3 is 0 Å². The van der Waals surface area contributed by atoms with E-state index in [-0.39, 0.29) is 0 Å². The summed E-state index contributed by atoms with van der Waals surface area (Å²) < 4.78 is 2.86. The van der Waals surface area contributed by atoms with E-state index in [1.165, 1.54) is 12.0 Å². The molecule has 1 rings (SSSR count). The van der Waals surface area contributed by atoms with Crippen LogP contribution in [0.15, 0.2) is 24.3 Å². The van der Waals surface area contributed by atoms with Crippen LogP contribution >= 0.6 is 22.6 Å². The summed E-state index contributed by atoms with van der Waals surface area (Å²) in [6.45, 7) is 2.19. The smallest absolute Gasteiger partial charge is 0.0253 e. The van der Waals surface area contributed by atoms with E-state index >= 15 is 0 Å². The van der Waals surface area contributed by atoms with Crippen LogP contribution in [0.4, 0.5) is 0 Å². The number of hydrogen-bond acceptors (Lipinski definition) is 0. The molecule has 0 amide bonds. The van der Waals surface area contributed by atoms with Crippen molar-refractivity contribution < 1.29 is 0 Å². The van der Waals surface area contributed by atoms with Crippen molar-refractivity contribution in [2.45, 2.75) is 19.8 Å². The van der Waals surface area contributed by atoms with E-state index in [0.717, 1.165) is 12.0 Å². The van der Waals surface area contributed by atoms with Gasteiger partial charge in [0.25, 0.3) is 0 Å². The highest BCUT2D eigenvalue weighted by atomic mass is 127. The summed E-state index contributed by atoms with van der Waals surface area (Å²) >= 11 is 2.06. The first-order chi connectivity index (χ1) is 5.86. The maximum Gasteiger partial charge on any atom is 0.0253 e. The van der Waals surface area contributed by atoms with Gasteiger partial charge in [0, 0.05) is 28.2 Å². The fourth-order valence-electron chi connectivity index (χ4n) is 1.10. The minimum Gasteiger partial charge on any atom is -0.0651 e. The van der Waals surface area contributed by atoms with Crippen LogP contribution in [0.25, 0.3) is 0 Å². The molecular weight excluding hydrogens is 259 g/mol. The Morgan fingerprint density at radius 3 is 2.42 bits per heavy atom. The second kappa shape index (κ2) is 5.21. The first-order valence-corrected chi connectivity index (χ1v) is 5.15. The molecule has 0 nitrogen and oxygen atoms in total. The molecule has 0 radical (unpaired) electrons. The Morgan fingerprint density at radius 2 is 1.92 bits per heavy atom. The largest absolute Gasteiger partial charge is 0.0651 e. The lowest BCUT2D eigenvalue weighted by Crippen LogP contribution is -1.82. The quantitative estimate of drug-likeness (QED) is 0.571. The number of rotatable bonds is 2. The summed E-state index contributed by atoms with van der Waals surface area (Å²) in [7, 11) is 0. The Hall–Kier alpha value is -0.490. The minimum absolute atomic E-state index is 1.10. The van der Waals surface area contributed by atoms with Gasteiger partial charge in [-0.3, -0.25) is 0 Å².